The fraction of sp³-hybridized carbons (Fsp3) is 0.294. The Hall–Kier alpha value is -2.90. The van der Waals surface area contributed by atoms with E-state index in [1.807, 2.05) is 6.92 Å². The number of hydrogen-bond donors (Lipinski definition) is 1. The third-order valence-corrected chi connectivity index (χ3v) is 3.68. The first kappa shape index (κ1) is 16.9. The van der Waals surface area contributed by atoms with Crippen molar-refractivity contribution in [1.82, 2.24) is 19.7 Å². The predicted octanol–water partition coefficient (Wildman–Crippen LogP) is 3.45. The molecule has 0 aromatic carbocycles. The number of carbonyl (C=O) groups is 1. The van der Waals surface area contributed by atoms with Crippen molar-refractivity contribution in [1.29, 1.82) is 0 Å². The number of carbonyl (C=O) groups excluding carboxylic acids is 1. The van der Waals surface area contributed by atoms with E-state index in [1.165, 1.54) is 23.7 Å². The van der Waals surface area contributed by atoms with Crippen LogP contribution < -0.4 is 5.32 Å². The van der Waals surface area contributed by atoms with Crippen LogP contribution in [-0.4, -0.2) is 25.7 Å². The van der Waals surface area contributed by atoms with Crippen LogP contribution in [0.5, 0.6) is 0 Å². The van der Waals surface area contributed by atoms with Gasteiger partial charge in [0.25, 0.3) is 5.92 Å². The van der Waals surface area contributed by atoms with Gasteiger partial charge in [0.05, 0.1) is 11.2 Å². The summed E-state index contributed by atoms with van der Waals surface area (Å²) in [6.07, 6.45) is 2.26. The average Bonchev–Trinajstić information content (AvgIpc) is 2.91. The Morgan fingerprint density at radius 2 is 2.12 bits per heavy atom. The van der Waals surface area contributed by atoms with E-state index < -0.39 is 5.92 Å². The summed E-state index contributed by atoms with van der Waals surface area (Å²) >= 11 is 0. The molecule has 6 nitrogen and oxygen atoms in total. The molecule has 0 saturated carbocycles. The summed E-state index contributed by atoms with van der Waals surface area (Å²) in [6.45, 7) is 4.13. The third kappa shape index (κ3) is 3.33. The number of fused-ring (bicyclic) bond motifs is 1. The molecule has 0 saturated heterocycles. The highest BCUT2D eigenvalue weighted by Crippen LogP contribution is 2.27. The van der Waals surface area contributed by atoms with Crippen LogP contribution in [0.2, 0.25) is 0 Å². The molecule has 25 heavy (non-hydrogen) atoms. The van der Waals surface area contributed by atoms with E-state index >= 15 is 0 Å². The molecule has 0 fully saturated rings. The van der Waals surface area contributed by atoms with Crippen LogP contribution in [0, 0.1) is 0 Å². The number of nitrogens with zero attached hydrogens (tertiary/aromatic N) is 4. The number of rotatable bonds is 4. The first-order valence-corrected chi connectivity index (χ1v) is 7.80. The maximum Gasteiger partial charge on any atom is 0.287 e. The summed E-state index contributed by atoms with van der Waals surface area (Å²) in [4.78, 5) is 19.5. The quantitative estimate of drug-likeness (QED) is 0.786. The van der Waals surface area contributed by atoms with Crippen LogP contribution in [0.1, 0.15) is 32.2 Å². The lowest BCUT2D eigenvalue weighted by molar-refractivity contribution is -0.114. The number of pyridine rings is 2. The van der Waals surface area contributed by atoms with Crippen LogP contribution in [0.15, 0.2) is 30.5 Å². The van der Waals surface area contributed by atoms with E-state index in [4.69, 9.17) is 0 Å². The Balaban J connectivity index is 2.19. The van der Waals surface area contributed by atoms with Crippen molar-refractivity contribution < 1.29 is 13.6 Å². The summed E-state index contributed by atoms with van der Waals surface area (Å²) in [5.41, 5.74) is 1.08. The molecule has 0 aliphatic heterocycles. The van der Waals surface area contributed by atoms with Crippen LogP contribution in [0.25, 0.3) is 16.7 Å². The summed E-state index contributed by atoms with van der Waals surface area (Å²) < 4.78 is 28.7. The number of halogens is 2. The highest BCUT2D eigenvalue weighted by molar-refractivity contribution is 5.91. The monoisotopic (exact) mass is 345 g/mol. The maximum absolute atomic E-state index is 13.6. The smallest absolute Gasteiger partial charge is 0.287 e. The van der Waals surface area contributed by atoms with Gasteiger partial charge in [0.2, 0.25) is 5.91 Å². The van der Waals surface area contributed by atoms with Crippen molar-refractivity contribution in [2.45, 2.75) is 33.1 Å². The zero-order chi connectivity index (χ0) is 18.2. The normalized spacial score (nSPS) is 11.7. The van der Waals surface area contributed by atoms with Crippen molar-refractivity contribution in [2.75, 3.05) is 5.32 Å². The van der Waals surface area contributed by atoms with Crippen molar-refractivity contribution in [3.63, 3.8) is 0 Å². The molecule has 130 valence electrons. The predicted molar refractivity (Wildman–Crippen MR) is 89.9 cm³/mol. The minimum absolute atomic E-state index is 0.251. The molecule has 0 spiro atoms. The summed E-state index contributed by atoms with van der Waals surface area (Å²) in [5.74, 6) is -2.65. The largest absolute Gasteiger partial charge is 0.311 e. The molecule has 0 radical (unpaired) electrons. The molecule has 3 aromatic rings. The van der Waals surface area contributed by atoms with Gasteiger partial charge in [-0.3, -0.25) is 4.79 Å². The van der Waals surface area contributed by atoms with Crippen molar-refractivity contribution in [3.05, 3.63) is 41.9 Å². The lowest BCUT2D eigenvalue weighted by Gasteiger charge is -2.11. The Bertz CT molecular complexity index is 946. The molecule has 0 unspecified atom stereocenters. The minimum Gasteiger partial charge on any atom is -0.311 e. The summed E-state index contributed by atoms with van der Waals surface area (Å²) in [7, 11) is 0. The van der Waals surface area contributed by atoms with Gasteiger partial charge in [-0.1, -0.05) is 13.0 Å². The van der Waals surface area contributed by atoms with E-state index in [1.54, 1.807) is 18.3 Å². The van der Waals surface area contributed by atoms with E-state index in [-0.39, 0.29) is 17.4 Å². The van der Waals surface area contributed by atoms with Crippen LogP contribution >= 0.6 is 0 Å². The van der Waals surface area contributed by atoms with E-state index in [0.29, 0.717) is 17.8 Å². The Morgan fingerprint density at radius 1 is 1.36 bits per heavy atom. The van der Waals surface area contributed by atoms with E-state index in [2.05, 4.69) is 20.4 Å². The summed E-state index contributed by atoms with van der Waals surface area (Å²) in [5, 5.41) is 7.87. The molecule has 0 aliphatic rings. The number of amides is 1. The molecule has 3 heterocycles. The molecule has 3 aromatic heterocycles. The zero-order valence-corrected chi connectivity index (χ0v) is 14.0. The molecular weight excluding hydrogens is 328 g/mol. The lowest BCUT2D eigenvalue weighted by atomic mass is 10.2. The van der Waals surface area contributed by atoms with Crippen molar-refractivity contribution in [2.24, 2.45) is 0 Å². The lowest BCUT2D eigenvalue weighted by Crippen LogP contribution is -2.12. The SMILES string of the molecule is CCc1nn(-c2cccc(C(C)(F)F)n2)c2cc(NC(C)=O)ncc12. The second-order valence-corrected chi connectivity index (χ2v) is 5.75. The first-order valence-electron chi connectivity index (χ1n) is 7.80. The van der Waals surface area contributed by atoms with Crippen LogP contribution in [0.4, 0.5) is 14.6 Å². The van der Waals surface area contributed by atoms with Gasteiger partial charge in [0.1, 0.15) is 11.5 Å². The molecule has 0 atom stereocenters. The van der Waals surface area contributed by atoms with Gasteiger partial charge in [-0.25, -0.2) is 14.6 Å². The highest BCUT2D eigenvalue weighted by atomic mass is 19.3. The standard InChI is InChI=1S/C17H17F2N5O/c1-4-12-11-9-20-15(21-10(2)25)8-13(11)24(23-12)16-7-5-6-14(22-16)17(3,18)19/h5-9H,4H2,1-3H3,(H,20,21,25). The molecule has 1 N–H and O–H groups in total. The van der Waals surface area contributed by atoms with Gasteiger partial charge >= 0.3 is 0 Å². The second kappa shape index (κ2) is 6.19. The fourth-order valence-corrected chi connectivity index (χ4v) is 2.54. The van der Waals surface area contributed by atoms with Gasteiger partial charge in [0, 0.05) is 31.5 Å². The van der Waals surface area contributed by atoms with Crippen molar-refractivity contribution >= 4 is 22.6 Å². The maximum atomic E-state index is 13.6. The fourth-order valence-electron chi connectivity index (χ4n) is 2.54. The Labute approximate surface area is 142 Å². The molecule has 0 bridgehead atoms. The van der Waals surface area contributed by atoms with Crippen LogP contribution in [0.3, 0.4) is 0 Å². The molecular formula is C17H17F2N5O. The van der Waals surface area contributed by atoms with E-state index in [0.717, 1.165) is 18.0 Å². The number of aromatic nitrogens is 4. The Morgan fingerprint density at radius 3 is 2.76 bits per heavy atom. The number of nitrogens with one attached hydrogen (secondary N) is 1. The van der Waals surface area contributed by atoms with Crippen molar-refractivity contribution in [3.8, 4) is 5.82 Å². The number of aryl methyl sites for hydroxylation is 1. The molecule has 3 rings (SSSR count). The van der Waals surface area contributed by atoms with Gasteiger partial charge in [-0.2, -0.15) is 13.9 Å². The number of alkyl halides is 2. The first-order chi connectivity index (χ1) is 11.8. The van der Waals surface area contributed by atoms with Gasteiger partial charge < -0.3 is 5.32 Å². The molecule has 1 amide bonds. The summed E-state index contributed by atoms with van der Waals surface area (Å²) in [6, 6.07) is 6.06. The topological polar surface area (TPSA) is 72.7 Å². The zero-order valence-electron chi connectivity index (χ0n) is 14.0. The number of hydrogen-bond acceptors (Lipinski definition) is 4. The van der Waals surface area contributed by atoms with Gasteiger partial charge in [0.15, 0.2) is 5.82 Å². The van der Waals surface area contributed by atoms with Gasteiger partial charge in [-0.15, -0.1) is 0 Å². The van der Waals surface area contributed by atoms with E-state index in [9.17, 15) is 13.6 Å². The minimum atomic E-state index is -3.05. The second-order valence-electron chi connectivity index (χ2n) is 5.75. The highest BCUT2D eigenvalue weighted by Gasteiger charge is 2.26. The van der Waals surface area contributed by atoms with Crippen LogP contribution in [-0.2, 0) is 17.1 Å². The molecule has 8 heteroatoms. The third-order valence-electron chi connectivity index (χ3n) is 3.68. The number of anilines is 1. The Kier molecular flexibility index (Phi) is 4.20. The van der Waals surface area contributed by atoms with Gasteiger partial charge in [-0.05, 0) is 18.6 Å². The average molecular weight is 345 g/mol. The molecule has 0 aliphatic carbocycles.